The van der Waals surface area contributed by atoms with Crippen molar-refractivity contribution in [2.75, 3.05) is 11.9 Å². The van der Waals surface area contributed by atoms with Gasteiger partial charge in [-0.3, -0.25) is 0 Å². The fourth-order valence-electron chi connectivity index (χ4n) is 1.46. The molecule has 17 heavy (non-hydrogen) atoms. The van der Waals surface area contributed by atoms with Crippen molar-refractivity contribution in [3.63, 3.8) is 0 Å². The second kappa shape index (κ2) is 6.01. The SMILES string of the molecule is CN(C(=O)[n+]1ccccc1)c1ccccc1.[Cl-]. The molecule has 88 valence electrons. The van der Waals surface area contributed by atoms with E-state index in [1.54, 1.807) is 28.9 Å². The number of carbonyl (C=O) groups is 1. The summed E-state index contributed by atoms with van der Waals surface area (Å²) in [7, 11) is 1.76. The van der Waals surface area contributed by atoms with Crippen molar-refractivity contribution >= 4 is 11.7 Å². The standard InChI is InChI=1S/C13H13N2O.ClH/c1-14(12-8-4-2-5-9-12)13(16)15-10-6-3-7-11-15;/h2-11H,1H3;1H/q+1;/p-1. The minimum atomic E-state index is -0.0770. The molecular formula is C13H13ClN2O. The van der Waals surface area contributed by atoms with Crippen LogP contribution in [0.1, 0.15) is 0 Å². The molecule has 0 atom stereocenters. The van der Waals surface area contributed by atoms with E-state index in [0.29, 0.717) is 0 Å². The van der Waals surface area contributed by atoms with Crippen LogP contribution in [-0.2, 0) is 0 Å². The zero-order valence-corrected chi connectivity index (χ0v) is 10.2. The van der Waals surface area contributed by atoms with Crippen LogP contribution < -0.4 is 21.9 Å². The lowest BCUT2D eigenvalue weighted by molar-refractivity contribution is -0.569. The highest BCUT2D eigenvalue weighted by atomic mass is 35.5. The molecule has 2 aromatic rings. The third kappa shape index (κ3) is 3.04. The third-order valence-electron chi connectivity index (χ3n) is 2.37. The lowest BCUT2D eigenvalue weighted by Gasteiger charge is -2.08. The Morgan fingerprint density at radius 2 is 1.53 bits per heavy atom. The van der Waals surface area contributed by atoms with Gasteiger partial charge in [-0.25, -0.2) is 0 Å². The van der Waals surface area contributed by atoms with E-state index >= 15 is 0 Å². The van der Waals surface area contributed by atoms with Crippen molar-refractivity contribution in [2.45, 2.75) is 0 Å². The highest BCUT2D eigenvalue weighted by Crippen LogP contribution is 2.10. The molecular weight excluding hydrogens is 236 g/mol. The van der Waals surface area contributed by atoms with Crippen LogP contribution >= 0.6 is 0 Å². The first-order valence-corrected chi connectivity index (χ1v) is 5.08. The first-order chi connectivity index (χ1) is 7.79. The van der Waals surface area contributed by atoms with Crippen molar-refractivity contribution in [3.05, 3.63) is 60.9 Å². The number of amides is 1. The first kappa shape index (κ1) is 13.2. The Morgan fingerprint density at radius 3 is 2.12 bits per heavy atom. The number of hydrogen-bond donors (Lipinski definition) is 0. The molecule has 0 N–H and O–H groups in total. The van der Waals surface area contributed by atoms with Crippen molar-refractivity contribution in [1.82, 2.24) is 0 Å². The molecule has 0 aliphatic heterocycles. The molecule has 4 heteroatoms. The maximum absolute atomic E-state index is 12.0. The number of nitrogens with zero attached hydrogens (tertiary/aromatic N) is 2. The zero-order valence-electron chi connectivity index (χ0n) is 9.45. The Labute approximate surface area is 107 Å². The Morgan fingerprint density at radius 1 is 1.00 bits per heavy atom. The predicted molar refractivity (Wildman–Crippen MR) is 62.3 cm³/mol. The van der Waals surface area contributed by atoms with Gasteiger partial charge >= 0.3 is 6.03 Å². The fourth-order valence-corrected chi connectivity index (χ4v) is 1.46. The smallest absolute Gasteiger partial charge is 0.502 e. The number of para-hydroxylation sites is 1. The van der Waals surface area contributed by atoms with Crippen LogP contribution in [0.15, 0.2) is 60.9 Å². The Balaban J connectivity index is 0.00000144. The van der Waals surface area contributed by atoms with E-state index in [1.165, 1.54) is 0 Å². The average molecular weight is 249 g/mol. The quantitative estimate of drug-likeness (QED) is 0.600. The highest BCUT2D eigenvalue weighted by molar-refractivity contribution is 5.84. The van der Waals surface area contributed by atoms with Gasteiger partial charge in [0.2, 0.25) is 0 Å². The predicted octanol–water partition coefficient (Wildman–Crippen LogP) is -0.917. The summed E-state index contributed by atoms with van der Waals surface area (Å²) in [4.78, 5) is 13.6. The fraction of sp³-hybridized carbons (Fsp3) is 0.0769. The van der Waals surface area contributed by atoms with Gasteiger partial charge in [0.05, 0.1) is 19.4 Å². The maximum Gasteiger partial charge on any atom is 0.502 e. The van der Waals surface area contributed by atoms with Gasteiger partial charge in [-0.2, -0.15) is 14.3 Å². The van der Waals surface area contributed by atoms with Gasteiger partial charge < -0.3 is 12.4 Å². The maximum atomic E-state index is 12.0. The van der Waals surface area contributed by atoms with Gasteiger partial charge in [0.15, 0.2) is 0 Å². The summed E-state index contributed by atoms with van der Waals surface area (Å²) in [5.74, 6) is 0. The van der Waals surface area contributed by atoms with Crippen LogP contribution in [0.2, 0.25) is 0 Å². The molecule has 0 saturated carbocycles. The molecule has 0 aliphatic carbocycles. The summed E-state index contributed by atoms with van der Waals surface area (Å²) in [5, 5.41) is 0. The number of rotatable bonds is 1. The van der Waals surface area contributed by atoms with E-state index in [1.807, 2.05) is 48.5 Å². The molecule has 2 rings (SSSR count). The Kier molecular flexibility index (Phi) is 4.67. The summed E-state index contributed by atoms with van der Waals surface area (Å²) in [6.45, 7) is 0. The number of pyridine rings is 1. The molecule has 0 unspecified atom stereocenters. The minimum Gasteiger partial charge on any atom is -1.00 e. The van der Waals surface area contributed by atoms with E-state index in [0.717, 1.165) is 5.69 Å². The van der Waals surface area contributed by atoms with E-state index in [9.17, 15) is 4.79 Å². The second-order valence-electron chi connectivity index (χ2n) is 3.46. The monoisotopic (exact) mass is 248 g/mol. The largest absolute Gasteiger partial charge is 1.00 e. The van der Waals surface area contributed by atoms with Crippen molar-refractivity contribution in [1.29, 1.82) is 0 Å². The molecule has 0 radical (unpaired) electrons. The van der Waals surface area contributed by atoms with E-state index in [4.69, 9.17) is 0 Å². The van der Waals surface area contributed by atoms with Crippen molar-refractivity contribution in [2.24, 2.45) is 0 Å². The molecule has 0 bridgehead atoms. The molecule has 0 fully saturated rings. The Hall–Kier alpha value is -1.87. The summed E-state index contributed by atoms with van der Waals surface area (Å²) in [6, 6.07) is 15.0. The van der Waals surface area contributed by atoms with Crippen LogP contribution in [0.3, 0.4) is 0 Å². The van der Waals surface area contributed by atoms with Crippen LogP contribution in [0, 0.1) is 0 Å². The summed E-state index contributed by atoms with van der Waals surface area (Å²) in [5.41, 5.74) is 0.879. The first-order valence-electron chi connectivity index (χ1n) is 5.08. The van der Waals surface area contributed by atoms with Gasteiger partial charge in [-0.15, -0.1) is 0 Å². The topological polar surface area (TPSA) is 24.2 Å². The highest BCUT2D eigenvalue weighted by Gasteiger charge is 2.21. The van der Waals surface area contributed by atoms with Gasteiger partial charge in [-0.1, -0.05) is 24.3 Å². The Bertz CT molecular complexity index is 473. The lowest BCUT2D eigenvalue weighted by atomic mass is 10.3. The molecule has 1 aromatic carbocycles. The minimum absolute atomic E-state index is 0. The van der Waals surface area contributed by atoms with E-state index < -0.39 is 0 Å². The summed E-state index contributed by atoms with van der Waals surface area (Å²) < 4.78 is 1.55. The molecule has 1 amide bonds. The normalized spacial score (nSPS) is 9.24. The number of hydrogen-bond acceptors (Lipinski definition) is 1. The van der Waals surface area contributed by atoms with E-state index in [2.05, 4.69) is 0 Å². The molecule has 0 saturated heterocycles. The summed E-state index contributed by atoms with van der Waals surface area (Å²) >= 11 is 0. The molecule has 0 spiro atoms. The lowest BCUT2D eigenvalue weighted by Crippen LogP contribution is -3.00. The van der Waals surface area contributed by atoms with Crippen LogP contribution in [-0.4, -0.2) is 13.1 Å². The zero-order chi connectivity index (χ0) is 11.4. The number of benzene rings is 1. The van der Waals surface area contributed by atoms with Gasteiger partial charge in [0, 0.05) is 0 Å². The average Bonchev–Trinajstić information content (AvgIpc) is 2.39. The number of anilines is 1. The van der Waals surface area contributed by atoms with Crippen LogP contribution in [0.5, 0.6) is 0 Å². The molecule has 0 aliphatic rings. The number of aromatic nitrogens is 1. The van der Waals surface area contributed by atoms with Crippen molar-refractivity contribution < 1.29 is 21.8 Å². The molecule has 1 aromatic heterocycles. The number of carbonyl (C=O) groups excluding carboxylic acids is 1. The molecule has 3 nitrogen and oxygen atoms in total. The van der Waals surface area contributed by atoms with Crippen LogP contribution in [0.4, 0.5) is 10.5 Å². The van der Waals surface area contributed by atoms with Crippen molar-refractivity contribution in [3.8, 4) is 0 Å². The molecule has 1 heterocycles. The number of halogens is 1. The van der Waals surface area contributed by atoms with E-state index in [-0.39, 0.29) is 18.4 Å². The third-order valence-corrected chi connectivity index (χ3v) is 2.37. The van der Waals surface area contributed by atoms with Gasteiger partial charge in [0.1, 0.15) is 5.69 Å². The van der Waals surface area contributed by atoms with Crippen LogP contribution in [0.25, 0.3) is 0 Å². The van der Waals surface area contributed by atoms with Gasteiger partial charge in [-0.05, 0) is 24.3 Å². The summed E-state index contributed by atoms with van der Waals surface area (Å²) in [6.07, 6.45) is 3.48. The van der Waals surface area contributed by atoms with Gasteiger partial charge in [0.25, 0.3) is 0 Å². The second-order valence-corrected chi connectivity index (χ2v) is 3.46.